The van der Waals surface area contributed by atoms with E-state index in [0.717, 1.165) is 12.0 Å². The number of morpholine rings is 1. The van der Waals surface area contributed by atoms with Gasteiger partial charge in [0.25, 0.3) is 0 Å². The van der Waals surface area contributed by atoms with Crippen LogP contribution in [0.4, 0.5) is 0 Å². The maximum atomic E-state index is 13.0. The Kier molecular flexibility index (Phi) is 10.5. The molecule has 1 amide bonds. The van der Waals surface area contributed by atoms with E-state index in [-0.39, 0.29) is 32.0 Å². The lowest BCUT2D eigenvalue weighted by atomic mass is 9.77. The number of amides is 1. The van der Waals surface area contributed by atoms with E-state index in [9.17, 15) is 14.4 Å². The molecule has 0 N–H and O–H groups in total. The van der Waals surface area contributed by atoms with Crippen LogP contribution in [0.2, 0.25) is 0 Å². The van der Waals surface area contributed by atoms with Gasteiger partial charge in [-0.2, -0.15) is 0 Å². The van der Waals surface area contributed by atoms with Crippen molar-refractivity contribution in [1.82, 2.24) is 4.90 Å². The van der Waals surface area contributed by atoms with Crippen LogP contribution >= 0.6 is 0 Å². The molecule has 2 rings (SSSR count). The molecule has 0 saturated carbocycles. The van der Waals surface area contributed by atoms with Crippen LogP contribution in [0, 0.1) is 5.41 Å². The van der Waals surface area contributed by atoms with Gasteiger partial charge in [0.1, 0.15) is 0 Å². The second-order valence-electron chi connectivity index (χ2n) is 7.71. The van der Waals surface area contributed by atoms with Crippen molar-refractivity contribution >= 4 is 17.8 Å². The Morgan fingerprint density at radius 2 is 1.52 bits per heavy atom. The van der Waals surface area contributed by atoms with Gasteiger partial charge < -0.3 is 19.1 Å². The zero-order valence-corrected chi connectivity index (χ0v) is 18.8. The molecule has 1 aliphatic rings. The number of benzene rings is 1. The molecule has 172 valence electrons. The second-order valence-corrected chi connectivity index (χ2v) is 7.71. The van der Waals surface area contributed by atoms with E-state index in [1.54, 1.807) is 18.7 Å². The molecule has 1 aromatic carbocycles. The molecule has 7 nitrogen and oxygen atoms in total. The van der Waals surface area contributed by atoms with Gasteiger partial charge in [0, 0.05) is 19.5 Å². The van der Waals surface area contributed by atoms with E-state index in [0.29, 0.717) is 45.6 Å². The molecule has 0 aromatic heterocycles. The Labute approximate surface area is 185 Å². The maximum Gasteiger partial charge on any atom is 0.323 e. The van der Waals surface area contributed by atoms with Crippen LogP contribution in [0.3, 0.4) is 0 Å². The molecule has 1 heterocycles. The first-order valence-corrected chi connectivity index (χ1v) is 11.3. The molecular weight excluding hydrogens is 398 g/mol. The number of ether oxygens (including phenoxy) is 3. The molecule has 1 aromatic rings. The summed E-state index contributed by atoms with van der Waals surface area (Å²) in [5.41, 5.74) is -0.238. The van der Waals surface area contributed by atoms with Gasteiger partial charge in [-0.05, 0) is 51.5 Å². The Balaban J connectivity index is 2.08. The highest BCUT2D eigenvalue weighted by atomic mass is 16.6. The maximum absolute atomic E-state index is 13.0. The molecule has 31 heavy (non-hydrogen) atoms. The minimum absolute atomic E-state index is 0.0224. The highest BCUT2D eigenvalue weighted by molar-refractivity contribution is 6.00. The topological polar surface area (TPSA) is 82.1 Å². The number of carbonyl (C=O) groups is 3. The molecule has 1 saturated heterocycles. The smallest absolute Gasteiger partial charge is 0.323 e. The Morgan fingerprint density at radius 3 is 2.10 bits per heavy atom. The van der Waals surface area contributed by atoms with Crippen molar-refractivity contribution in [3.05, 3.63) is 35.9 Å². The number of rotatable bonds is 12. The summed E-state index contributed by atoms with van der Waals surface area (Å²) in [4.78, 5) is 40.2. The zero-order chi connectivity index (χ0) is 22.5. The van der Waals surface area contributed by atoms with Gasteiger partial charge in [-0.25, -0.2) is 0 Å². The second kappa shape index (κ2) is 13.1. The number of aryl methyl sites for hydroxylation is 1. The first-order valence-electron chi connectivity index (χ1n) is 11.3. The zero-order valence-electron chi connectivity index (χ0n) is 18.8. The van der Waals surface area contributed by atoms with E-state index in [1.807, 2.05) is 30.3 Å². The van der Waals surface area contributed by atoms with Crippen LogP contribution in [0.25, 0.3) is 0 Å². The average Bonchev–Trinajstić information content (AvgIpc) is 2.79. The van der Waals surface area contributed by atoms with Crippen LogP contribution in [-0.4, -0.2) is 62.3 Å². The number of carbonyl (C=O) groups excluding carboxylic acids is 3. The SMILES string of the molecule is CCOC(=O)C(CCCC(=O)N1CCOCC1)(CCCc1ccccc1)C(=O)OCC. The van der Waals surface area contributed by atoms with E-state index in [4.69, 9.17) is 14.2 Å². The summed E-state index contributed by atoms with van der Waals surface area (Å²) in [5, 5.41) is 0. The first kappa shape index (κ1) is 24.9. The number of hydrogen-bond acceptors (Lipinski definition) is 6. The van der Waals surface area contributed by atoms with Crippen LogP contribution in [0.1, 0.15) is 51.5 Å². The molecule has 0 bridgehead atoms. The summed E-state index contributed by atoms with van der Waals surface area (Å²) in [6.45, 7) is 6.06. The van der Waals surface area contributed by atoms with Gasteiger partial charge in [-0.3, -0.25) is 14.4 Å². The normalized spacial score (nSPS) is 14.2. The third kappa shape index (κ3) is 7.35. The summed E-state index contributed by atoms with van der Waals surface area (Å²) in [6.07, 6.45) is 2.63. The quantitative estimate of drug-likeness (QED) is 0.372. The van der Waals surface area contributed by atoms with Crippen molar-refractivity contribution in [3.8, 4) is 0 Å². The first-order chi connectivity index (χ1) is 15.0. The highest BCUT2D eigenvalue weighted by Gasteiger charge is 2.47. The molecule has 1 fully saturated rings. The third-order valence-electron chi connectivity index (χ3n) is 5.60. The molecule has 0 atom stereocenters. The number of esters is 2. The van der Waals surface area contributed by atoms with Crippen LogP contribution in [-0.2, 0) is 35.0 Å². The predicted molar refractivity (Wildman–Crippen MR) is 116 cm³/mol. The molecule has 0 unspecified atom stereocenters. The lowest BCUT2D eigenvalue weighted by molar-refractivity contribution is -0.174. The van der Waals surface area contributed by atoms with Gasteiger partial charge in [-0.1, -0.05) is 30.3 Å². The average molecular weight is 434 g/mol. The van der Waals surface area contributed by atoms with Gasteiger partial charge in [0.2, 0.25) is 5.91 Å². The van der Waals surface area contributed by atoms with Crippen molar-refractivity contribution in [1.29, 1.82) is 0 Å². The minimum Gasteiger partial charge on any atom is -0.465 e. The summed E-state index contributed by atoms with van der Waals surface area (Å²) in [5.74, 6) is -1.09. The molecular formula is C24H35NO6. The van der Waals surface area contributed by atoms with Gasteiger partial charge >= 0.3 is 11.9 Å². The highest BCUT2D eigenvalue weighted by Crippen LogP contribution is 2.35. The minimum atomic E-state index is -1.38. The van der Waals surface area contributed by atoms with E-state index in [1.165, 1.54) is 0 Å². The summed E-state index contributed by atoms with van der Waals surface area (Å²) >= 11 is 0. The van der Waals surface area contributed by atoms with Crippen molar-refractivity contribution in [2.24, 2.45) is 5.41 Å². The van der Waals surface area contributed by atoms with Gasteiger partial charge in [0.15, 0.2) is 5.41 Å². The molecule has 0 radical (unpaired) electrons. The lowest BCUT2D eigenvalue weighted by Crippen LogP contribution is -2.43. The Bertz CT molecular complexity index is 681. The van der Waals surface area contributed by atoms with Gasteiger partial charge in [-0.15, -0.1) is 0 Å². The summed E-state index contributed by atoms with van der Waals surface area (Å²) < 4.78 is 15.9. The van der Waals surface area contributed by atoms with Crippen molar-refractivity contribution in [3.63, 3.8) is 0 Å². The van der Waals surface area contributed by atoms with Crippen molar-refractivity contribution < 1.29 is 28.6 Å². The summed E-state index contributed by atoms with van der Waals surface area (Å²) in [6, 6.07) is 9.94. The predicted octanol–water partition coefficient (Wildman–Crippen LogP) is 3.15. The van der Waals surface area contributed by atoms with E-state index in [2.05, 4.69) is 0 Å². The largest absolute Gasteiger partial charge is 0.465 e. The van der Waals surface area contributed by atoms with Crippen molar-refractivity contribution in [2.75, 3.05) is 39.5 Å². The fourth-order valence-corrected chi connectivity index (χ4v) is 3.91. The van der Waals surface area contributed by atoms with Crippen LogP contribution in [0.5, 0.6) is 0 Å². The standard InChI is InChI=1S/C24H35NO6/c1-3-30-22(27)24(23(28)31-4-2,14-8-12-20-10-6-5-7-11-20)15-9-13-21(26)25-16-18-29-19-17-25/h5-7,10-11H,3-4,8-9,12-19H2,1-2H3. The fraction of sp³-hybridized carbons (Fsp3) is 0.625. The van der Waals surface area contributed by atoms with Crippen LogP contribution < -0.4 is 0 Å². The number of nitrogens with zero attached hydrogens (tertiary/aromatic N) is 1. The van der Waals surface area contributed by atoms with Crippen molar-refractivity contribution in [2.45, 2.75) is 52.4 Å². The van der Waals surface area contributed by atoms with E-state index >= 15 is 0 Å². The monoisotopic (exact) mass is 433 g/mol. The van der Waals surface area contributed by atoms with E-state index < -0.39 is 17.4 Å². The Hall–Kier alpha value is -2.41. The third-order valence-corrected chi connectivity index (χ3v) is 5.60. The molecule has 0 aliphatic carbocycles. The van der Waals surface area contributed by atoms with Crippen LogP contribution in [0.15, 0.2) is 30.3 Å². The fourth-order valence-electron chi connectivity index (χ4n) is 3.91. The lowest BCUT2D eigenvalue weighted by Gasteiger charge is -2.30. The molecule has 1 aliphatic heterocycles. The molecule has 7 heteroatoms. The molecule has 0 spiro atoms. The number of hydrogen-bond donors (Lipinski definition) is 0. The summed E-state index contributed by atoms with van der Waals surface area (Å²) in [7, 11) is 0. The Morgan fingerprint density at radius 1 is 0.935 bits per heavy atom. The van der Waals surface area contributed by atoms with Gasteiger partial charge in [0.05, 0.1) is 26.4 Å².